The quantitative estimate of drug-likeness (QED) is 0.821. The van der Waals surface area contributed by atoms with Crippen LogP contribution in [-0.4, -0.2) is 11.8 Å². The molecule has 1 aliphatic heterocycles. The minimum absolute atomic E-state index is 0.0423. The topological polar surface area (TPSA) is 21.6 Å². The van der Waals surface area contributed by atoms with E-state index in [2.05, 4.69) is 17.3 Å². The Labute approximate surface area is 111 Å². The third-order valence-electron chi connectivity index (χ3n) is 3.20. The Morgan fingerprint density at radius 1 is 1.11 bits per heavy atom. The molecule has 1 unspecified atom stereocenters. The van der Waals surface area contributed by atoms with Gasteiger partial charge in [-0.1, -0.05) is 47.6 Å². The van der Waals surface area contributed by atoms with E-state index < -0.39 is 0 Å². The Morgan fingerprint density at radius 3 is 2.74 bits per heavy atom. The third-order valence-corrected chi connectivity index (χ3v) is 3.20. The molecule has 0 saturated heterocycles. The smallest absolute Gasteiger partial charge is 0.137 e. The van der Waals surface area contributed by atoms with Gasteiger partial charge in [0.05, 0.1) is 5.71 Å². The summed E-state index contributed by atoms with van der Waals surface area (Å²) in [6.07, 6.45) is 1.59. The highest BCUT2D eigenvalue weighted by atomic mass is 19.1. The fourth-order valence-electron chi connectivity index (χ4n) is 2.25. The van der Waals surface area contributed by atoms with Crippen LogP contribution in [0.3, 0.4) is 0 Å². The summed E-state index contributed by atoms with van der Waals surface area (Å²) in [7, 11) is 0. The number of benzene rings is 2. The molecule has 1 heterocycles. The molecule has 3 heteroatoms. The molecule has 0 amide bonds. The summed E-state index contributed by atoms with van der Waals surface area (Å²) in [5, 5.41) is 4.07. The number of halogens is 1. The zero-order chi connectivity index (χ0) is 13.1. The van der Waals surface area contributed by atoms with Gasteiger partial charge in [0.25, 0.3) is 0 Å². The van der Waals surface area contributed by atoms with Gasteiger partial charge >= 0.3 is 0 Å². The van der Waals surface area contributed by atoms with Gasteiger partial charge in [0.1, 0.15) is 11.9 Å². The first-order valence-electron chi connectivity index (χ1n) is 6.34. The zero-order valence-corrected chi connectivity index (χ0v) is 10.4. The molecule has 0 bridgehead atoms. The van der Waals surface area contributed by atoms with Crippen molar-refractivity contribution in [3.05, 3.63) is 71.5 Å². The maximum Gasteiger partial charge on any atom is 0.137 e. The van der Waals surface area contributed by atoms with E-state index in [4.69, 9.17) is 4.84 Å². The van der Waals surface area contributed by atoms with E-state index in [1.807, 2.05) is 24.3 Å². The summed E-state index contributed by atoms with van der Waals surface area (Å²) >= 11 is 0. The highest BCUT2D eigenvalue weighted by molar-refractivity contribution is 6.01. The van der Waals surface area contributed by atoms with Crippen LogP contribution in [0.15, 0.2) is 59.8 Å². The second kappa shape index (κ2) is 5.22. The van der Waals surface area contributed by atoms with Crippen LogP contribution in [-0.2, 0) is 11.3 Å². The second-order valence-electron chi connectivity index (χ2n) is 4.67. The highest BCUT2D eigenvalue weighted by Crippen LogP contribution is 2.20. The molecule has 19 heavy (non-hydrogen) atoms. The fourth-order valence-corrected chi connectivity index (χ4v) is 2.25. The molecule has 0 N–H and O–H groups in total. The van der Waals surface area contributed by atoms with Gasteiger partial charge in [0.15, 0.2) is 0 Å². The Hall–Kier alpha value is -2.16. The monoisotopic (exact) mass is 255 g/mol. The van der Waals surface area contributed by atoms with Gasteiger partial charge in [-0.15, -0.1) is 0 Å². The number of rotatable bonds is 3. The van der Waals surface area contributed by atoms with Crippen LogP contribution in [0.2, 0.25) is 0 Å². The average molecular weight is 255 g/mol. The molecule has 0 aromatic heterocycles. The third kappa shape index (κ3) is 2.81. The Bertz CT molecular complexity index is 595. The molecule has 2 nitrogen and oxygen atoms in total. The minimum atomic E-state index is -0.244. The first kappa shape index (κ1) is 11.9. The van der Waals surface area contributed by atoms with E-state index in [9.17, 15) is 4.39 Å². The van der Waals surface area contributed by atoms with Crippen LogP contribution in [0.5, 0.6) is 0 Å². The second-order valence-corrected chi connectivity index (χ2v) is 4.67. The van der Waals surface area contributed by atoms with Crippen LogP contribution < -0.4 is 0 Å². The van der Waals surface area contributed by atoms with E-state index in [-0.39, 0.29) is 11.9 Å². The van der Waals surface area contributed by atoms with Crippen LogP contribution in [0, 0.1) is 5.82 Å². The van der Waals surface area contributed by atoms with E-state index in [1.54, 1.807) is 6.07 Å². The average Bonchev–Trinajstić information content (AvgIpc) is 2.88. The van der Waals surface area contributed by atoms with Gasteiger partial charge in [-0.3, -0.25) is 0 Å². The highest BCUT2D eigenvalue weighted by Gasteiger charge is 2.22. The molecule has 0 spiro atoms. The maximum absolute atomic E-state index is 13.2. The predicted molar refractivity (Wildman–Crippen MR) is 72.6 cm³/mol. The molecular weight excluding hydrogens is 241 g/mol. The van der Waals surface area contributed by atoms with Crippen molar-refractivity contribution >= 4 is 5.71 Å². The summed E-state index contributed by atoms with van der Waals surface area (Å²) in [5.41, 5.74) is 2.85. The summed E-state index contributed by atoms with van der Waals surface area (Å²) in [5.74, 6) is -0.244. The van der Waals surface area contributed by atoms with Crippen molar-refractivity contribution in [2.75, 3.05) is 0 Å². The van der Waals surface area contributed by atoms with Crippen LogP contribution in [0.1, 0.15) is 17.5 Å². The van der Waals surface area contributed by atoms with Gasteiger partial charge in [-0.05, 0) is 17.7 Å². The van der Waals surface area contributed by atoms with Gasteiger partial charge in [0.2, 0.25) is 0 Å². The van der Waals surface area contributed by atoms with Gasteiger partial charge in [0, 0.05) is 18.4 Å². The normalized spacial score (nSPS) is 17.9. The van der Waals surface area contributed by atoms with Crippen molar-refractivity contribution in [2.24, 2.45) is 5.16 Å². The molecule has 2 aromatic carbocycles. The molecule has 0 fully saturated rings. The number of nitrogens with zero attached hydrogens (tertiary/aromatic N) is 1. The van der Waals surface area contributed by atoms with Gasteiger partial charge < -0.3 is 4.84 Å². The van der Waals surface area contributed by atoms with Gasteiger partial charge in [-0.2, -0.15) is 0 Å². The fraction of sp³-hybridized carbons (Fsp3) is 0.188. The van der Waals surface area contributed by atoms with E-state index in [1.165, 1.54) is 17.7 Å². The van der Waals surface area contributed by atoms with E-state index in [0.717, 1.165) is 24.1 Å². The standard InChI is InChI=1S/C16H14FNO/c17-14-8-4-7-13(10-14)16-11-15(19-18-16)9-12-5-2-1-3-6-12/h1-8,10,15H,9,11H2. The van der Waals surface area contributed by atoms with Crippen molar-refractivity contribution in [3.63, 3.8) is 0 Å². The summed E-state index contributed by atoms with van der Waals surface area (Å²) in [4.78, 5) is 5.43. The van der Waals surface area contributed by atoms with Crippen LogP contribution in [0.4, 0.5) is 4.39 Å². The molecule has 0 aliphatic carbocycles. The molecule has 0 saturated carbocycles. The van der Waals surface area contributed by atoms with Crippen molar-refractivity contribution in [1.82, 2.24) is 0 Å². The Kier molecular flexibility index (Phi) is 3.27. The molecule has 96 valence electrons. The first-order valence-corrected chi connectivity index (χ1v) is 6.34. The lowest BCUT2D eigenvalue weighted by molar-refractivity contribution is 0.0859. The van der Waals surface area contributed by atoms with Crippen molar-refractivity contribution in [2.45, 2.75) is 18.9 Å². The molecule has 1 aliphatic rings. The minimum Gasteiger partial charge on any atom is -0.391 e. The number of hydrogen-bond donors (Lipinski definition) is 0. The van der Waals surface area contributed by atoms with Crippen molar-refractivity contribution in [3.8, 4) is 0 Å². The van der Waals surface area contributed by atoms with Gasteiger partial charge in [-0.25, -0.2) is 4.39 Å². The van der Waals surface area contributed by atoms with Crippen molar-refractivity contribution in [1.29, 1.82) is 0 Å². The Balaban J connectivity index is 1.67. The van der Waals surface area contributed by atoms with Crippen molar-refractivity contribution < 1.29 is 9.23 Å². The molecule has 0 radical (unpaired) electrons. The molecule has 2 aromatic rings. The summed E-state index contributed by atoms with van der Waals surface area (Å²) < 4.78 is 13.2. The Morgan fingerprint density at radius 2 is 1.95 bits per heavy atom. The SMILES string of the molecule is Fc1cccc(C2=NOC(Cc3ccccc3)C2)c1. The molecule has 3 rings (SSSR count). The lowest BCUT2D eigenvalue weighted by Gasteiger charge is -2.07. The lowest BCUT2D eigenvalue weighted by atomic mass is 10.0. The summed E-state index contributed by atoms with van der Waals surface area (Å²) in [6, 6.07) is 16.6. The first-order chi connectivity index (χ1) is 9.31. The lowest BCUT2D eigenvalue weighted by Crippen LogP contribution is -2.11. The molecular formula is C16H14FNO. The number of hydrogen-bond acceptors (Lipinski definition) is 2. The maximum atomic E-state index is 13.2. The van der Waals surface area contributed by atoms with Crippen LogP contribution in [0.25, 0.3) is 0 Å². The van der Waals surface area contributed by atoms with E-state index >= 15 is 0 Å². The van der Waals surface area contributed by atoms with Crippen LogP contribution >= 0.6 is 0 Å². The predicted octanol–water partition coefficient (Wildman–Crippen LogP) is 3.56. The van der Waals surface area contributed by atoms with E-state index in [0.29, 0.717) is 0 Å². The largest absolute Gasteiger partial charge is 0.391 e. The summed E-state index contributed by atoms with van der Waals surface area (Å²) in [6.45, 7) is 0. The molecule has 1 atom stereocenters. The zero-order valence-electron chi connectivity index (χ0n) is 10.4. The number of oxime groups is 1.